The van der Waals surface area contributed by atoms with Crippen molar-refractivity contribution < 1.29 is 23.1 Å². The number of halogens is 1. The molecule has 0 unspecified atom stereocenters. The van der Waals surface area contributed by atoms with E-state index in [1.165, 1.54) is 24.3 Å². The topological polar surface area (TPSA) is 81.4 Å². The van der Waals surface area contributed by atoms with Gasteiger partial charge in [0.25, 0.3) is 5.91 Å². The highest BCUT2D eigenvalue weighted by molar-refractivity contribution is 6.07. The lowest BCUT2D eigenvalue weighted by Crippen LogP contribution is -2.22. The van der Waals surface area contributed by atoms with E-state index in [-0.39, 0.29) is 0 Å². The predicted molar refractivity (Wildman–Crippen MR) is 127 cm³/mol. The number of carbonyl (C=O) groups is 2. The van der Waals surface area contributed by atoms with Gasteiger partial charge in [0.15, 0.2) is 6.61 Å². The molecule has 2 aromatic carbocycles. The van der Waals surface area contributed by atoms with Gasteiger partial charge in [0.1, 0.15) is 11.6 Å². The van der Waals surface area contributed by atoms with Gasteiger partial charge >= 0.3 is 5.97 Å². The standard InChI is InChI=1S/C27H21FN2O4/c28-18-10-12-19(13-11-18)29-24(31)16-34-27(32)25-21-7-1-2-9-23(21)30-26-17(5-3-8-22(25)26)15-20-6-4-14-33-20/h1-2,4,6-7,9-15H,3,5,8,16H2,(H,29,31). The highest BCUT2D eigenvalue weighted by atomic mass is 19.1. The Hall–Kier alpha value is -4.26. The van der Waals surface area contributed by atoms with Crippen LogP contribution >= 0.6 is 0 Å². The number of anilines is 1. The van der Waals surface area contributed by atoms with E-state index < -0.39 is 24.3 Å². The van der Waals surface area contributed by atoms with Crippen LogP contribution in [0.1, 0.15) is 40.2 Å². The second-order valence-corrected chi connectivity index (χ2v) is 8.00. The van der Waals surface area contributed by atoms with Crippen molar-refractivity contribution in [2.75, 3.05) is 11.9 Å². The summed E-state index contributed by atoms with van der Waals surface area (Å²) in [5, 5.41) is 3.28. The number of hydrogen-bond acceptors (Lipinski definition) is 5. The normalized spacial score (nSPS) is 14.1. The van der Waals surface area contributed by atoms with Crippen LogP contribution in [0.15, 0.2) is 71.3 Å². The zero-order valence-corrected chi connectivity index (χ0v) is 18.2. The molecule has 1 N–H and O–H groups in total. The molecule has 0 fully saturated rings. The summed E-state index contributed by atoms with van der Waals surface area (Å²) < 4.78 is 24.0. The smallest absolute Gasteiger partial charge is 0.339 e. The fraction of sp³-hybridized carbons (Fsp3) is 0.148. The average Bonchev–Trinajstić information content (AvgIpc) is 3.36. The Morgan fingerprint density at radius 2 is 1.88 bits per heavy atom. The van der Waals surface area contributed by atoms with E-state index in [2.05, 4.69) is 5.32 Å². The van der Waals surface area contributed by atoms with Crippen LogP contribution in [0, 0.1) is 5.82 Å². The number of para-hydroxylation sites is 1. The van der Waals surface area contributed by atoms with Crippen LogP contribution < -0.4 is 5.32 Å². The summed E-state index contributed by atoms with van der Waals surface area (Å²) in [5.74, 6) is -0.771. The molecule has 6 nitrogen and oxygen atoms in total. The van der Waals surface area contributed by atoms with Crippen LogP contribution in [0.3, 0.4) is 0 Å². The highest BCUT2D eigenvalue weighted by Gasteiger charge is 2.26. The van der Waals surface area contributed by atoms with Crippen molar-refractivity contribution >= 4 is 40.1 Å². The zero-order valence-electron chi connectivity index (χ0n) is 18.2. The van der Waals surface area contributed by atoms with E-state index in [9.17, 15) is 14.0 Å². The number of hydrogen-bond donors (Lipinski definition) is 1. The molecular weight excluding hydrogens is 435 g/mol. The molecule has 0 saturated carbocycles. The number of furan rings is 1. The molecule has 0 saturated heterocycles. The number of esters is 1. The largest absolute Gasteiger partial charge is 0.465 e. The van der Waals surface area contributed by atoms with E-state index in [0.717, 1.165) is 35.4 Å². The molecule has 170 valence electrons. The number of carbonyl (C=O) groups excluding carboxylic acids is 2. The monoisotopic (exact) mass is 456 g/mol. The molecule has 0 bridgehead atoms. The number of aromatic nitrogens is 1. The van der Waals surface area contributed by atoms with Gasteiger partial charge in [0.05, 0.1) is 23.0 Å². The molecule has 2 aromatic heterocycles. The van der Waals surface area contributed by atoms with Gasteiger partial charge in [-0.1, -0.05) is 18.2 Å². The van der Waals surface area contributed by atoms with E-state index >= 15 is 0 Å². The molecule has 0 radical (unpaired) electrons. The predicted octanol–water partition coefficient (Wildman–Crippen LogP) is 5.64. The fourth-order valence-electron chi connectivity index (χ4n) is 4.19. The summed E-state index contributed by atoms with van der Waals surface area (Å²) in [4.78, 5) is 30.4. The molecule has 1 amide bonds. The van der Waals surface area contributed by atoms with Crippen molar-refractivity contribution in [1.82, 2.24) is 4.98 Å². The fourth-order valence-corrected chi connectivity index (χ4v) is 4.19. The lowest BCUT2D eigenvalue weighted by molar-refractivity contribution is -0.119. The van der Waals surface area contributed by atoms with Crippen LogP contribution in [-0.4, -0.2) is 23.5 Å². The highest BCUT2D eigenvalue weighted by Crippen LogP contribution is 2.36. The van der Waals surface area contributed by atoms with Gasteiger partial charge in [0.2, 0.25) is 0 Å². The van der Waals surface area contributed by atoms with Gasteiger partial charge in [-0.25, -0.2) is 14.2 Å². The van der Waals surface area contributed by atoms with E-state index in [4.69, 9.17) is 14.1 Å². The first kappa shape index (κ1) is 21.6. The molecule has 0 aliphatic heterocycles. The minimum Gasteiger partial charge on any atom is -0.465 e. The van der Waals surface area contributed by atoms with Crippen LogP contribution in [0.5, 0.6) is 0 Å². The number of amides is 1. The summed E-state index contributed by atoms with van der Waals surface area (Å²) in [6.45, 7) is -0.462. The van der Waals surface area contributed by atoms with Crippen molar-refractivity contribution in [3.8, 4) is 0 Å². The molecule has 0 spiro atoms. The van der Waals surface area contributed by atoms with Crippen molar-refractivity contribution in [2.24, 2.45) is 0 Å². The Balaban J connectivity index is 1.44. The third-order valence-electron chi connectivity index (χ3n) is 5.70. The summed E-state index contributed by atoms with van der Waals surface area (Å²) in [6, 6.07) is 16.5. The Morgan fingerprint density at radius 1 is 1.06 bits per heavy atom. The summed E-state index contributed by atoms with van der Waals surface area (Å²) >= 11 is 0. The Kier molecular flexibility index (Phi) is 5.91. The van der Waals surface area contributed by atoms with Crippen LogP contribution in [0.2, 0.25) is 0 Å². The number of rotatable bonds is 5. The van der Waals surface area contributed by atoms with Crippen molar-refractivity contribution in [2.45, 2.75) is 19.3 Å². The summed E-state index contributed by atoms with van der Waals surface area (Å²) in [7, 11) is 0. The molecule has 4 aromatic rings. The van der Waals surface area contributed by atoms with Gasteiger partial charge < -0.3 is 14.5 Å². The second kappa shape index (κ2) is 9.31. The van der Waals surface area contributed by atoms with Crippen molar-refractivity contribution in [3.63, 3.8) is 0 Å². The third kappa shape index (κ3) is 4.45. The van der Waals surface area contributed by atoms with Crippen LogP contribution in [-0.2, 0) is 16.0 Å². The number of allylic oxidation sites excluding steroid dienone is 1. The lowest BCUT2D eigenvalue weighted by Gasteiger charge is -2.22. The SMILES string of the molecule is O=C(COC(=O)c1c2c(nc3ccccc13)C(=Cc1ccco1)CCC2)Nc1ccc(F)cc1. The number of benzene rings is 2. The maximum absolute atomic E-state index is 13.2. The molecule has 1 aliphatic rings. The number of nitrogens with one attached hydrogen (secondary N) is 1. The Morgan fingerprint density at radius 3 is 2.68 bits per heavy atom. The molecule has 0 atom stereocenters. The minimum atomic E-state index is -0.580. The molecule has 34 heavy (non-hydrogen) atoms. The quantitative estimate of drug-likeness (QED) is 0.393. The van der Waals surface area contributed by atoms with Crippen LogP contribution in [0.25, 0.3) is 22.6 Å². The first-order chi connectivity index (χ1) is 16.6. The van der Waals surface area contributed by atoms with Crippen molar-refractivity contribution in [1.29, 1.82) is 0 Å². The van der Waals surface area contributed by atoms with E-state index in [1.54, 1.807) is 6.26 Å². The number of ether oxygens (including phenoxy) is 1. The van der Waals surface area contributed by atoms with Gasteiger partial charge in [-0.3, -0.25) is 4.79 Å². The molecular formula is C27H21FN2O4. The maximum atomic E-state index is 13.2. The molecule has 7 heteroatoms. The molecule has 1 aliphatic carbocycles. The van der Waals surface area contributed by atoms with Crippen molar-refractivity contribution in [3.05, 3.63) is 95.3 Å². The molecule has 5 rings (SSSR count). The van der Waals surface area contributed by atoms with E-state index in [1.807, 2.05) is 42.5 Å². The Labute approximate surface area is 195 Å². The van der Waals surface area contributed by atoms with Gasteiger partial charge in [0, 0.05) is 11.1 Å². The third-order valence-corrected chi connectivity index (χ3v) is 5.70. The molecule has 2 heterocycles. The number of pyridine rings is 1. The summed E-state index contributed by atoms with van der Waals surface area (Å²) in [5.41, 5.74) is 4.08. The van der Waals surface area contributed by atoms with E-state index in [0.29, 0.717) is 28.6 Å². The minimum absolute atomic E-state index is 0.403. The first-order valence-electron chi connectivity index (χ1n) is 11.0. The zero-order chi connectivity index (χ0) is 23.5. The second-order valence-electron chi connectivity index (χ2n) is 8.00. The number of nitrogens with zero attached hydrogens (tertiary/aromatic N) is 1. The van der Waals surface area contributed by atoms with Gasteiger partial charge in [-0.05, 0) is 78.9 Å². The first-order valence-corrected chi connectivity index (χ1v) is 11.0. The summed E-state index contributed by atoms with van der Waals surface area (Å²) in [6.07, 6.45) is 5.90. The Bertz CT molecular complexity index is 1390. The van der Waals surface area contributed by atoms with Gasteiger partial charge in [-0.15, -0.1) is 0 Å². The van der Waals surface area contributed by atoms with Gasteiger partial charge in [-0.2, -0.15) is 0 Å². The lowest BCUT2D eigenvalue weighted by atomic mass is 9.86. The maximum Gasteiger partial charge on any atom is 0.339 e. The average molecular weight is 456 g/mol. The van der Waals surface area contributed by atoms with Crippen LogP contribution in [0.4, 0.5) is 10.1 Å². The number of fused-ring (bicyclic) bond motifs is 2.